The summed E-state index contributed by atoms with van der Waals surface area (Å²) in [7, 11) is -3.71. The number of halogens is 4. The van der Waals surface area contributed by atoms with Crippen LogP contribution < -0.4 is 10.0 Å². The van der Waals surface area contributed by atoms with Crippen LogP contribution in [-0.2, 0) is 16.2 Å². The highest BCUT2D eigenvalue weighted by atomic mass is 79.9. The Morgan fingerprint density at radius 2 is 2.05 bits per heavy atom. The fourth-order valence-corrected chi connectivity index (χ4v) is 4.05. The van der Waals surface area contributed by atoms with E-state index in [9.17, 15) is 21.6 Å². The van der Waals surface area contributed by atoms with Gasteiger partial charge < -0.3 is 5.32 Å². The Hall–Kier alpha value is -0.800. The van der Waals surface area contributed by atoms with E-state index in [1.165, 1.54) is 12.1 Å². The first kappa shape index (κ1) is 16.6. The number of sulfonamides is 1. The van der Waals surface area contributed by atoms with Crippen LogP contribution in [0, 0.1) is 0 Å². The molecule has 1 saturated heterocycles. The minimum atomic E-state index is -4.55. The normalized spacial score (nSPS) is 20.3. The Labute approximate surface area is 129 Å². The van der Waals surface area contributed by atoms with Crippen LogP contribution in [0.15, 0.2) is 22.7 Å². The van der Waals surface area contributed by atoms with Crippen molar-refractivity contribution >= 4 is 31.6 Å². The SMILES string of the molecule is O=S(=O)(Nc1ccc(Br)c(C(F)(F)F)c1)C1CCCNC1. The van der Waals surface area contributed by atoms with E-state index >= 15 is 0 Å². The molecule has 1 atom stereocenters. The molecule has 1 fully saturated rings. The lowest BCUT2D eigenvalue weighted by molar-refractivity contribution is -0.138. The van der Waals surface area contributed by atoms with E-state index in [0.29, 0.717) is 13.0 Å². The molecule has 21 heavy (non-hydrogen) atoms. The number of hydrogen-bond acceptors (Lipinski definition) is 3. The van der Waals surface area contributed by atoms with Gasteiger partial charge in [0.2, 0.25) is 10.0 Å². The van der Waals surface area contributed by atoms with Crippen molar-refractivity contribution in [2.24, 2.45) is 0 Å². The second kappa shape index (κ2) is 6.13. The molecule has 0 saturated carbocycles. The van der Waals surface area contributed by atoms with Crippen LogP contribution in [0.1, 0.15) is 18.4 Å². The highest BCUT2D eigenvalue weighted by molar-refractivity contribution is 9.10. The maximum Gasteiger partial charge on any atom is 0.417 e. The Kier molecular flexibility index (Phi) is 4.84. The Morgan fingerprint density at radius 3 is 2.62 bits per heavy atom. The third-order valence-corrected chi connectivity index (χ3v) is 5.71. The van der Waals surface area contributed by atoms with E-state index in [4.69, 9.17) is 0 Å². The van der Waals surface area contributed by atoms with Crippen molar-refractivity contribution in [1.82, 2.24) is 5.32 Å². The van der Waals surface area contributed by atoms with E-state index < -0.39 is 27.0 Å². The fraction of sp³-hybridized carbons (Fsp3) is 0.500. The Balaban J connectivity index is 2.23. The Bertz CT molecular complexity index is 613. The van der Waals surface area contributed by atoms with Crippen LogP contribution in [0.25, 0.3) is 0 Å². The summed E-state index contributed by atoms with van der Waals surface area (Å²) >= 11 is 2.82. The summed E-state index contributed by atoms with van der Waals surface area (Å²) in [6.07, 6.45) is -3.34. The molecule has 0 amide bonds. The van der Waals surface area contributed by atoms with Gasteiger partial charge in [-0.1, -0.05) is 15.9 Å². The minimum Gasteiger partial charge on any atom is -0.315 e. The number of alkyl halides is 3. The number of hydrogen-bond donors (Lipinski definition) is 2. The molecule has 4 nitrogen and oxygen atoms in total. The predicted octanol–water partition coefficient (Wildman–Crippen LogP) is 2.96. The molecular weight excluding hydrogens is 373 g/mol. The summed E-state index contributed by atoms with van der Waals surface area (Å²) < 4.78 is 64.8. The van der Waals surface area contributed by atoms with Gasteiger partial charge in [-0.05, 0) is 37.6 Å². The quantitative estimate of drug-likeness (QED) is 0.839. The zero-order valence-corrected chi connectivity index (χ0v) is 13.3. The number of benzene rings is 1. The molecule has 118 valence electrons. The van der Waals surface area contributed by atoms with Crippen molar-refractivity contribution in [2.75, 3.05) is 17.8 Å². The van der Waals surface area contributed by atoms with Crippen molar-refractivity contribution < 1.29 is 21.6 Å². The lowest BCUT2D eigenvalue weighted by atomic mass is 10.2. The lowest BCUT2D eigenvalue weighted by Crippen LogP contribution is -2.41. The monoisotopic (exact) mass is 386 g/mol. The summed E-state index contributed by atoms with van der Waals surface area (Å²) in [5.74, 6) is 0. The molecule has 2 rings (SSSR count). The Morgan fingerprint density at radius 1 is 1.33 bits per heavy atom. The summed E-state index contributed by atoms with van der Waals surface area (Å²) in [5, 5.41) is 2.33. The first-order chi connectivity index (χ1) is 9.70. The maximum atomic E-state index is 12.8. The number of nitrogens with one attached hydrogen (secondary N) is 2. The molecular formula is C12H14BrF3N2O2S. The zero-order chi connectivity index (χ0) is 15.7. The van der Waals surface area contributed by atoms with Gasteiger partial charge >= 0.3 is 6.18 Å². The first-order valence-corrected chi connectivity index (χ1v) is 8.63. The molecule has 1 aromatic rings. The maximum absolute atomic E-state index is 12.8. The van der Waals surface area contributed by atoms with Crippen LogP contribution in [0.4, 0.5) is 18.9 Å². The van der Waals surface area contributed by atoms with Crippen LogP contribution in [0.5, 0.6) is 0 Å². The first-order valence-electron chi connectivity index (χ1n) is 6.29. The van der Waals surface area contributed by atoms with Gasteiger partial charge in [0.05, 0.1) is 10.8 Å². The highest BCUT2D eigenvalue weighted by Gasteiger charge is 2.34. The molecule has 0 bridgehead atoms. The summed E-state index contributed by atoms with van der Waals surface area (Å²) in [6, 6.07) is 3.27. The second-order valence-electron chi connectivity index (χ2n) is 4.81. The minimum absolute atomic E-state index is 0.0869. The average Bonchev–Trinajstić information content (AvgIpc) is 2.40. The summed E-state index contributed by atoms with van der Waals surface area (Å²) in [5.41, 5.74) is -0.999. The smallest absolute Gasteiger partial charge is 0.315 e. The molecule has 0 radical (unpaired) electrons. The van der Waals surface area contributed by atoms with Gasteiger partial charge in [-0.25, -0.2) is 8.42 Å². The van der Waals surface area contributed by atoms with Crippen molar-refractivity contribution in [3.05, 3.63) is 28.2 Å². The van der Waals surface area contributed by atoms with Crippen LogP contribution in [0.2, 0.25) is 0 Å². The van der Waals surface area contributed by atoms with Gasteiger partial charge in [-0.2, -0.15) is 13.2 Å². The molecule has 2 N–H and O–H groups in total. The molecule has 1 aliphatic heterocycles. The van der Waals surface area contributed by atoms with E-state index in [2.05, 4.69) is 26.0 Å². The van der Waals surface area contributed by atoms with Gasteiger partial charge in [-0.3, -0.25) is 4.72 Å². The molecule has 0 aliphatic carbocycles. The van der Waals surface area contributed by atoms with E-state index in [-0.39, 0.29) is 10.2 Å². The number of rotatable bonds is 3. The number of anilines is 1. The van der Waals surface area contributed by atoms with E-state index in [0.717, 1.165) is 19.0 Å². The van der Waals surface area contributed by atoms with Crippen molar-refractivity contribution in [3.63, 3.8) is 0 Å². The van der Waals surface area contributed by atoms with Crippen LogP contribution >= 0.6 is 15.9 Å². The summed E-state index contributed by atoms with van der Waals surface area (Å²) in [6.45, 7) is 1.06. The largest absolute Gasteiger partial charge is 0.417 e. The third-order valence-electron chi connectivity index (χ3n) is 3.22. The van der Waals surface area contributed by atoms with Gasteiger partial charge in [0.1, 0.15) is 0 Å². The fourth-order valence-electron chi connectivity index (χ4n) is 2.14. The van der Waals surface area contributed by atoms with Gasteiger partial charge in [-0.15, -0.1) is 0 Å². The predicted molar refractivity (Wildman–Crippen MR) is 77.6 cm³/mol. The molecule has 1 heterocycles. The topological polar surface area (TPSA) is 58.2 Å². The third kappa shape index (κ3) is 4.10. The molecule has 1 unspecified atom stereocenters. The van der Waals surface area contributed by atoms with Gasteiger partial charge in [0.15, 0.2) is 0 Å². The molecule has 1 aromatic carbocycles. The molecule has 0 aromatic heterocycles. The lowest BCUT2D eigenvalue weighted by Gasteiger charge is -2.23. The summed E-state index contributed by atoms with van der Waals surface area (Å²) in [4.78, 5) is 0. The standard InChI is InChI=1S/C12H14BrF3N2O2S/c13-11-4-3-8(6-10(11)12(14,15)16)18-21(19,20)9-2-1-5-17-7-9/h3-4,6,9,17-18H,1-2,5,7H2. The molecule has 0 spiro atoms. The van der Waals surface area contributed by atoms with Crippen molar-refractivity contribution in [1.29, 1.82) is 0 Å². The van der Waals surface area contributed by atoms with E-state index in [1.54, 1.807) is 0 Å². The molecule has 9 heteroatoms. The van der Waals surface area contributed by atoms with Gasteiger partial charge in [0.25, 0.3) is 0 Å². The van der Waals surface area contributed by atoms with Crippen molar-refractivity contribution in [2.45, 2.75) is 24.3 Å². The van der Waals surface area contributed by atoms with Gasteiger partial charge in [0, 0.05) is 16.7 Å². The van der Waals surface area contributed by atoms with Crippen LogP contribution in [-0.4, -0.2) is 26.8 Å². The van der Waals surface area contributed by atoms with Crippen molar-refractivity contribution in [3.8, 4) is 0 Å². The number of piperidine rings is 1. The molecule has 1 aliphatic rings. The zero-order valence-electron chi connectivity index (χ0n) is 10.9. The average molecular weight is 387 g/mol. The van der Waals surface area contributed by atoms with Crippen LogP contribution in [0.3, 0.4) is 0 Å². The van der Waals surface area contributed by atoms with E-state index in [1.807, 2.05) is 0 Å². The second-order valence-corrected chi connectivity index (χ2v) is 7.62. The highest BCUT2D eigenvalue weighted by Crippen LogP contribution is 2.36.